The molecule has 1 aliphatic heterocycles. The van der Waals surface area contributed by atoms with Crippen LogP contribution in [-0.4, -0.2) is 53.8 Å². The van der Waals surface area contributed by atoms with Crippen molar-refractivity contribution in [3.8, 4) is 28.3 Å². The van der Waals surface area contributed by atoms with Crippen LogP contribution in [0.2, 0.25) is 0 Å². The largest absolute Gasteiger partial charge is 0.379 e. The fourth-order valence-corrected chi connectivity index (χ4v) is 3.88. The standard InChI is InChI=1S/C23H24FN5O/c1-28-20(16-25)21(17-2-4-19(24)5-3-17)22(18-6-8-26-9-7-18)23(28)27-10-11-29-12-14-30-15-13-29/h2-9,27H,10-15H2,1H3. The Bertz CT molecular complexity index is 1030. The van der Waals surface area contributed by atoms with Gasteiger partial charge in [-0.2, -0.15) is 5.26 Å². The van der Waals surface area contributed by atoms with Crippen molar-refractivity contribution in [3.05, 3.63) is 60.3 Å². The Labute approximate surface area is 175 Å². The lowest BCUT2D eigenvalue weighted by atomic mass is 9.96. The Hall–Kier alpha value is -3.21. The molecular weight excluding hydrogens is 381 g/mol. The number of anilines is 1. The number of halogens is 1. The summed E-state index contributed by atoms with van der Waals surface area (Å²) in [5.41, 5.74) is 4.00. The van der Waals surface area contributed by atoms with Gasteiger partial charge in [0.05, 0.1) is 13.2 Å². The molecule has 3 heterocycles. The lowest BCUT2D eigenvalue weighted by molar-refractivity contribution is 0.0398. The molecule has 0 aliphatic carbocycles. The quantitative estimate of drug-likeness (QED) is 0.680. The zero-order valence-corrected chi connectivity index (χ0v) is 16.9. The first-order valence-electron chi connectivity index (χ1n) is 10.0. The van der Waals surface area contributed by atoms with Crippen LogP contribution in [0.25, 0.3) is 22.3 Å². The molecule has 4 rings (SSSR count). The van der Waals surface area contributed by atoms with Crippen molar-refractivity contribution in [2.45, 2.75) is 0 Å². The summed E-state index contributed by atoms with van der Waals surface area (Å²) in [6.07, 6.45) is 3.47. The van der Waals surface area contributed by atoms with Gasteiger partial charge in [-0.1, -0.05) is 12.1 Å². The molecule has 1 aliphatic rings. The molecule has 30 heavy (non-hydrogen) atoms. The van der Waals surface area contributed by atoms with Crippen LogP contribution in [0.15, 0.2) is 48.8 Å². The number of hydrogen-bond acceptors (Lipinski definition) is 5. The van der Waals surface area contributed by atoms with Gasteiger partial charge in [-0.15, -0.1) is 0 Å². The molecule has 0 bridgehead atoms. The van der Waals surface area contributed by atoms with Crippen LogP contribution in [0.5, 0.6) is 0 Å². The van der Waals surface area contributed by atoms with Crippen LogP contribution in [0.1, 0.15) is 5.69 Å². The van der Waals surface area contributed by atoms with E-state index >= 15 is 0 Å². The van der Waals surface area contributed by atoms with Crippen molar-refractivity contribution in [1.82, 2.24) is 14.5 Å². The van der Waals surface area contributed by atoms with Crippen molar-refractivity contribution >= 4 is 5.82 Å². The van der Waals surface area contributed by atoms with E-state index in [1.54, 1.807) is 24.5 Å². The van der Waals surface area contributed by atoms with Gasteiger partial charge in [-0.05, 0) is 35.4 Å². The average molecular weight is 405 g/mol. The second-order valence-corrected chi connectivity index (χ2v) is 7.24. The zero-order valence-electron chi connectivity index (χ0n) is 16.9. The Morgan fingerprint density at radius 2 is 1.73 bits per heavy atom. The Morgan fingerprint density at radius 1 is 1.07 bits per heavy atom. The van der Waals surface area contributed by atoms with Gasteiger partial charge in [0.2, 0.25) is 0 Å². The molecule has 0 unspecified atom stereocenters. The van der Waals surface area contributed by atoms with Crippen LogP contribution in [-0.2, 0) is 11.8 Å². The summed E-state index contributed by atoms with van der Waals surface area (Å²) in [7, 11) is 1.88. The third-order valence-electron chi connectivity index (χ3n) is 5.43. The Balaban J connectivity index is 1.75. The highest BCUT2D eigenvalue weighted by molar-refractivity contribution is 5.94. The maximum absolute atomic E-state index is 13.5. The summed E-state index contributed by atoms with van der Waals surface area (Å²) in [6, 6.07) is 12.5. The van der Waals surface area contributed by atoms with Gasteiger partial charge in [0.25, 0.3) is 0 Å². The maximum atomic E-state index is 13.5. The fourth-order valence-electron chi connectivity index (χ4n) is 3.88. The highest BCUT2D eigenvalue weighted by Gasteiger charge is 2.23. The van der Waals surface area contributed by atoms with Crippen LogP contribution in [0, 0.1) is 17.1 Å². The Kier molecular flexibility index (Phi) is 6.07. The fraction of sp³-hybridized carbons (Fsp3) is 0.304. The number of nitrogens with zero attached hydrogens (tertiary/aromatic N) is 4. The van der Waals surface area contributed by atoms with Crippen molar-refractivity contribution in [3.63, 3.8) is 0 Å². The summed E-state index contributed by atoms with van der Waals surface area (Å²) < 4.78 is 20.8. The van der Waals surface area contributed by atoms with Crippen molar-refractivity contribution < 1.29 is 9.13 Å². The molecule has 1 saturated heterocycles. The second kappa shape index (κ2) is 9.08. The number of ether oxygens (including phenoxy) is 1. The minimum Gasteiger partial charge on any atom is -0.379 e. The maximum Gasteiger partial charge on any atom is 0.130 e. The monoisotopic (exact) mass is 405 g/mol. The molecule has 0 atom stereocenters. The van der Waals surface area contributed by atoms with Crippen LogP contribution in [0.4, 0.5) is 10.2 Å². The highest BCUT2D eigenvalue weighted by atomic mass is 19.1. The SMILES string of the molecule is Cn1c(C#N)c(-c2ccc(F)cc2)c(-c2ccncc2)c1NCCN1CCOCC1. The van der Waals surface area contributed by atoms with Crippen molar-refractivity contribution in [1.29, 1.82) is 5.26 Å². The molecule has 1 N–H and O–H groups in total. The molecule has 7 heteroatoms. The first kappa shape index (κ1) is 20.1. The van der Waals surface area contributed by atoms with Gasteiger partial charge in [-0.25, -0.2) is 4.39 Å². The van der Waals surface area contributed by atoms with E-state index in [1.165, 1.54) is 12.1 Å². The van der Waals surface area contributed by atoms with Gasteiger partial charge in [0, 0.05) is 56.7 Å². The zero-order chi connectivity index (χ0) is 20.9. The van der Waals surface area contributed by atoms with Gasteiger partial charge >= 0.3 is 0 Å². The number of aromatic nitrogens is 2. The predicted molar refractivity (Wildman–Crippen MR) is 115 cm³/mol. The van der Waals surface area contributed by atoms with E-state index in [2.05, 4.69) is 21.3 Å². The predicted octanol–water partition coefficient (Wildman–Crippen LogP) is 3.51. The third-order valence-corrected chi connectivity index (χ3v) is 5.43. The average Bonchev–Trinajstić information content (AvgIpc) is 3.07. The van der Waals surface area contributed by atoms with E-state index in [9.17, 15) is 9.65 Å². The van der Waals surface area contributed by atoms with Gasteiger partial charge < -0.3 is 14.6 Å². The molecule has 0 spiro atoms. The third kappa shape index (κ3) is 4.06. The van der Waals surface area contributed by atoms with Crippen molar-refractivity contribution in [2.24, 2.45) is 7.05 Å². The number of morpholine rings is 1. The van der Waals surface area contributed by atoms with E-state index in [1.807, 2.05) is 23.7 Å². The molecule has 0 radical (unpaired) electrons. The molecule has 1 aromatic carbocycles. The molecule has 2 aromatic heterocycles. The molecule has 154 valence electrons. The van der Waals surface area contributed by atoms with Gasteiger partial charge in [0.15, 0.2) is 0 Å². The lowest BCUT2D eigenvalue weighted by Gasteiger charge is -2.26. The number of nitriles is 1. The first-order chi connectivity index (χ1) is 14.7. The normalized spacial score (nSPS) is 14.4. The molecule has 3 aromatic rings. The smallest absolute Gasteiger partial charge is 0.130 e. The molecule has 1 fully saturated rings. The molecule has 0 saturated carbocycles. The number of benzene rings is 1. The van der Waals surface area contributed by atoms with Crippen LogP contribution in [0.3, 0.4) is 0 Å². The number of hydrogen-bond donors (Lipinski definition) is 1. The minimum atomic E-state index is -0.303. The van der Waals surface area contributed by atoms with Crippen molar-refractivity contribution in [2.75, 3.05) is 44.7 Å². The van der Waals surface area contributed by atoms with Crippen LogP contribution < -0.4 is 5.32 Å². The highest BCUT2D eigenvalue weighted by Crippen LogP contribution is 2.42. The summed E-state index contributed by atoms with van der Waals surface area (Å²) in [4.78, 5) is 6.49. The van der Waals surface area contributed by atoms with Crippen LogP contribution >= 0.6 is 0 Å². The lowest BCUT2D eigenvalue weighted by Crippen LogP contribution is -2.39. The minimum absolute atomic E-state index is 0.303. The molecule has 6 nitrogen and oxygen atoms in total. The molecule has 0 amide bonds. The number of nitrogens with one attached hydrogen (secondary N) is 1. The van der Waals surface area contributed by atoms with E-state index < -0.39 is 0 Å². The topological polar surface area (TPSA) is 66.1 Å². The summed E-state index contributed by atoms with van der Waals surface area (Å²) in [5, 5.41) is 13.5. The second-order valence-electron chi connectivity index (χ2n) is 7.24. The van der Waals surface area contributed by atoms with E-state index in [0.29, 0.717) is 5.69 Å². The summed E-state index contributed by atoms with van der Waals surface area (Å²) in [5.74, 6) is 0.563. The number of pyridine rings is 1. The van der Waals surface area contributed by atoms with E-state index in [4.69, 9.17) is 4.74 Å². The first-order valence-corrected chi connectivity index (χ1v) is 10.0. The summed E-state index contributed by atoms with van der Waals surface area (Å²) >= 11 is 0. The summed E-state index contributed by atoms with van der Waals surface area (Å²) in [6.45, 7) is 5.01. The Morgan fingerprint density at radius 3 is 2.40 bits per heavy atom. The van der Waals surface area contributed by atoms with Gasteiger partial charge in [-0.3, -0.25) is 9.88 Å². The molecular formula is C23H24FN5O. The van der Waals surface area contributed by atoms with E-state index in [-0.39, 0.29) is 5.82 Å². The van der Waals surface area contributed by atoms with E-state index in [0.717, 1.165) is 67.5 Å². The number of rotatable bonds is 6. The van der Waals surface area contributed by atoms with Gasteiger partial charge in [0.1, 0.15) is 23.4 Å².